The summed E-state index contributed by atoms with van der Waals surface area (Å²) >= 11 is 0. The summed E-state index contributed by atoms with van der Waals surface area (Å²) in [6.45, 7) is 1.74. The molecule has 108 valence electrons. The first-order valence-corrected chi connectivity index (χ1v) is 6.57. The first kappa shape index (κ1) is 14.5. The van der Waals surface area contributed by atoms with E-state index < -0.39 is 11.8 Å². The molecule has 0 bridgehead atoms. The molecule has 1 saturated heterocycles. The summed E-state index contributed by atoms with van der Waals surface area (Å²) in [5.74, 6) is -1.60. The predicted octanol–water partition coefficient (Wildman–Crippen LogP) is 1.08. The summed E-state index contributed by atoms with van der Waals surface area (Å²) < 4.78 is 9.57. The van der Waals surface area contributed by atoms with Crippen LogP contribution in [0.2, 0.25) is 0 Å². The number of likely N-dealkylation sites (tertiary alicyclic amines) is 1. The molecule has 0 radical (unpaired) electrons. The van der Waals surface area contributed by atoms with Gasteiger partial charge in [0.25, 0.3) is 0 Å². The average Bonchev–Trinajstić information content (AvgIpc) is 2.90. The number of methoxy groups -OCH3 is 2. The van der Waals surface area contributed by atoms with Gasteiger partial charge in [-0.15, -0.1) is 0 Å². The molecule has 0 aromatic heterocycles. The van der Waals surface area contributed by atoms with Crippen LogP contribution >= 0.6 is 0 Å². The van der Waals surface area contributed by atoms with Crippen LogP contribution in [-0.2, 0) is 25.6 Å². The molecule has 1 heterocycles. The van der Waals surface area contributed by atoms with Gasteiger partial charge in [0.1, 0.15) is 0 Å². The molecule has 1 aliphatic rings. The fourth-order valence-electron chi connectivity index (χ4n) is 2.64. The average molecular weight is 277 g/mol. The van der Waals surface area contributed by atoms with E-state index in [1.165, 1.54) is 14.2 Å². The fourth-order valence-corrected chi connectivity index (χ4v) is 2.64. The van der Waals surface area contributed by atoms with E-state index in [4.69, 9.17) is 9.47 Å². The highest BCUT2D eigenvalue weighted by Crippen LogP contribution is 2.27. The zero-order chi connectivity index (χ0) is 14.5. The van der Waals surface area contributed by atoms with Gasteiger partial charge in [0, 0.05) is 19.6 Å². The van der Waals surface area contributed by atoms with Gasteiger partial charge in [-0.25, -0.2) is 0 Å². The van der Waals surface area contributed by atoms with Crippen molar-refractivity contribution in [1.82, 2.24) is 4.90 Å². The molecule has 20 heavy (non-hydrogen) atoms. The molecule has 0 saturated carbocycles. The number of carbonyl (C=O) groups is 2. The highest BCUT2D eigenvalue weighted by atomic mass is 16.5. The lowest BCUT2D eigenvalue weighted by Gasteiger charge is -2.15. The smallest absolute Gasteiger partial charge is 0.310 e. The summed E-state index contributed by atoms with van der Waals surface area (Å²) in [6.07, 6.45) is 0. The number of carbonyl (C=O) groups excluding carboxylic acids is 2. The van der Waals surface area contributed by atoms with Gasteiger partial charge in [-0.2, -0.15) is 0 Å². The molecule has 5 nitrogen and oxygen atoms in total. The van der Waals surface area contributed by atoms with E-state index in [-0.39, 0.29) is 11.9 Å². The maximum atomic E-state index is 11.8. The van der Waals surface area contributed by atoms with Gasteiger partial charge in [-0.1, -0.05) is 30.3 Å². The summed E-state index contributed by atoms with van der Waals surface area (Å²) in [4.78, 5) is 25.7. The third-order valence-electron chi connectivity index (χ3n) is 3.65. The first-order valence-electron chi connectivity index (χ1n) is 6.57. The quantitative estimate of drug-likeness (QED) is 0.771. The molecule has 0 aliphatic carbocycles. The molecular formula is C15H19NO4. The van der Waals surface area contributed by atoms with Gasteiger partial charge >= 0.3 is 11.9 Å². The molecule has 5 heteroatoms. The normalized spacial score (nSPS) is 22.5. The second-order valence-corrected chi connectivity index (χ2v) is 4.94. The monoisotopic (exact) mass is 277 g/mol. The third-order valence-corrected chi connectivity index (χ3v) is 3.65. The van der Waals surface area contributed by atoms with Crippen LogP contribution in [0.1, 0.15) is 5.56 Å². The minimum atomic E-state index is -0.448. The fraction of sp³-hybridized carbons (Fsp3) is 0.467. The van der Waals surface area contributed by atoms with E-state index in [0.29, 0.717) is 19.6 Å². The Morgan fingerprint density at radius 1 is 1.05 bits per heavy atom. The van der Waals surface area contributed by atoms with Crippen molar-refractivity contribution in [3.05, 3.63) is 35.9 Å². The molecule has 0 N–H and O–H groups in total. The van der Waals surface area contributed by atoms with Gasteiger partial charge in [-0.05, 0) is 5.56 Å². The number of benzene rings is 1. The second kappa shape index (κ2) is 6.52. The largest absolute Gasteiger partial charge is 0.469 e. The molecule has 0 spiro atoms. The Labute approximate surface area is 118 Å². The van der Waals surface area contributed by atoms with Crippen LogP contribution in [-0.4, -0.2) is 44.1 Å². The van der Waals surface area contributed by atoms with E-state index >= 15 is 0 Å². The number of hydrogen-bond acceptors (Lipinski definition) is 5. The SMILES string of the molecule is COC(=O)[C@H]1CN(Cc2ccccc2)C[C@H]1C(=O)OC. The highest BCUT2D eigenvalue weighted by Gasteiger charge is 2.43. The maximum Gasteiger partial charge on any atom is 0.310 e. The van der Waals surface area contributed by atoms with Crippen LogP contribution < -0.4 is 0 Å². The van der Waals surface area contributed by atoms with Crippen molar-refractivity contribution in [3.8, 4) is 0 Å². The van der Waals surface area contributed by atoms with E-state index in [2.05, 4.69) is 4.90 Å². The van der Waals surface area contributed by atoms with Crippen molar-refractivity contribution in [2.45, 2.75) is 6.54 Å². The molecule has 1 aliphatic heterocycles. The molecule has 2 atom stereocenters. The number of hydrogen-bond donors (Lipinski definition) is 0. The van der Waals surface area contributed by atoms with Crippen molar-refractivity contribution in [3.63, 3.8) is 0 Å². The number of nitrogens with zero attached hydrogens (tertiary/aromatic N) is 1. The Kier molecular flexibility index (Phi) is 4.74. The topological polar surface area (TPSA) is 55.8 Å². The maximum absolute atomic E-state index is 11.8. The molecule has 1 aromatic rings. The van der Waals surface area contributed by atoms with Crippen LogP contribution in [0.3, 0.4) is 0 Å². The van der Waals surface area contributed by atoms with Crippen molar-refractivity contribution in [2.75, 3.05) is 27.3 Å². The number of rotatable bonds is 4. The van der Waals surface area contributed by atoms with Gasteiger partial charge in [0.05, 0.1) is 26.1 Å². The van der Waals surface area contributed by atoms with Crippen LogP contribution in [0.4, 0.5) is 0 Å². The van der Waals surface area contributed by atoms with E-state index in [1.54, 1.807) is 0 Å². The van der Waals surface area contributed by atoms with Crippen LogP contribution in [0, 0.1) is 11.8 Å². The van der Waals surface area contributed by atoms with E-state index in [9.17, 15) is 9.59 Å². The molecule has 0 amide bonds. The second-order valence-electron chi connectivity index (χ2n) is 4.94. The van der Waals surface area contributed by atoms with Crippen LogP contribution in [0.25, 0.3) is 0 Å². The number of ether oxygens (including phenoxy) is 2. The van der Waals surface area contributed by atoms with Crippen LogP contribution in [0.5, 0.6) is 0 Å². The summed E-state index contributed by atoms with van der Waals surface area (Å²) in [6, 6.07) is 9.96. The molecule has 1 aromatic carbocycles. The van der Waals surface area contributed by atoms with Crippen molar-refractivity contribution >= 4 is 11.9 Å². The minimum Gasteiger partial charge on any atom is -0.469 e. The Hall–Kier alpha value is -1.88. The zero-order valence-electron chi connectivity index (χ0n) is 11.7. The number of esters is 2. The lowest BCUT2D eigenvalue weighted by molar-refractivity contribution is -0.155. The molecular weight excluding hydrogens is 258 g/mol. The molecule has 2 rings (SSSR count). The lowest BCUT2D eigenvalue weighted by atomic mass is 9.96. The van der Waals surface area contributed by atoms with Crippen molar-refractivity contribution < 1.29 is 19.1 Å². The van der Waals surface area contributed by atoms with Gasteiger partial charge in [0.2, 0.25) is 0 Å². The Balaban J connectivity index is 2.07. The molecule has 1 fully saturated rings. The van der Waals surface area contributed by atoms with Gasteiger partial charge in [-0.3, -0.25) is 14.5 Å². The van der Waals surface area contributed by atoms with Gasteiger partial charge < -0.3 is 9.47 Å². The minimum absolute atomic E-state index is 0.351. The summed E-state index contributed by atoms with van der Waals surface area (Å²) in [5.41, 5.74) is 1.15. The standard InChI is InChI=1S/C15H19NO4/c1-19-14(17)12-9-16(10-13(12)15(18)20-2)8-11-6-4-3-5-7-11/h3-7,12-13H,8-10H2,1-2H3/t12-,13+. The van der Waals surface area contributed by atoms with E-state index in [1.807, 2.05) is 30.3 Å². The Morgan fingerprint density at radius 2 is 1.55 bits per heavy atom. The predicted molar refractivity (Wildman–Crippen MR) is 72.7 cm³/mol. The summed E-state index contributed by atoms with van der Waals surface area (Å²) in [7, 11) is 2.69. The first-order chi connectivity index (χ1) is 9.65. The van der Waals surface area contributed by atoms with E-state index in [0.717, 1.165) is 5.56 Å². The van der Waals surface area contributed by atoms with Crippen molar-refractivity contribution in [2.24, 2.45) is 11.8 Å². The van der Waals surface area contributed by atoms with Gasteiger partial charge in [0.15, 0.2) is 0 Å². The van der Waals surface area contributed by atoms with Crippen molar-refractivity contribution in [1.29, 1.82) is 0 Å². The summed E-state index contributed by atoms with van der Waals surface area (Å²) in [5, 5.41) is 0. The Morgan fingerprint density at radius 3 is 2.00 bits per heavy atom. The lowest BCUT2D eigenvalue weighted by Crippen LogP contribution is -2.30. The Bertz CT molecular complexity index is 450. The highest BCUT2D eigenvalue weighted by molar-refractivity contribution is 5.83. The zero-order valence-corrected chi connectivity index (χ0v) is 11.7. The van der Waals surface area contributed by atoms with Crippen LogP contribution in [0.15, 0.2) is 30.3 Å². The third kappa shape index (κ3) is 3.17. The molecule has 0 unspecified atom stereocenters.